The summed E-state index contributed by atoms with van der Waals surface area (Å²) in [5.41, 5.74) is 3.46. The number of carbonyl (C=O) groups is 1. The number of likely N-dealkylation sites (tertiary alicyclic amines) is 2. The predicted octanol–water partition coefficient (Wildman–Crippen LogP) is 0.847. The molecule has 0 aromatic carbocycles. The number of anilines is 3. The number of amides is 1. The van der Waals surface area contributed by atoms with Crippen molar-refractivity contribution in [2.45, 2.75) is 25.5 Å². The van der Waals surface area contributed by atoms with Crippen molar-refractivity contribution in [1.82, 2.24) is 24.8 Å². The third-order valence-corrected chi connectivity index (χ3v) is 9.14. The second kappa shape index (κ2) is 8.70. The van der Waals surface area contributed by atoms with Gasteiger partial charge in [-0.2, -0.15) is 0 Å². The van der Waals surface area contributed by atoms with E-state index in [9.17, 15) is 13.2 Å². The first-order valence-electron chi connectivity index (χ1n) is 12.2. The smallest absolute Gasteiger partial charge is 0.246 e. The van der Waals surface area contributed by atoms with Crippen LogP contribution in [0.5, 0.6) is 5.75 Å². The summed E-state index contributed by atoms with van der Waals surface area (Å²) < 4.78 is 29.9. The van der Waals surface area contributed by atoms with Crippen molar-refractivity contribution in [2.24, 2.45) is 0 Å². The molecule has 3 fully saturated rings. The Morgan fingerprint density at radius 3 is 2.67 bits per heavy atom. The number of ether oxygens (including phenoxy) is 1. The molecule has 0 unspecified atom stereocenters. The highest BCUT2D eigenvalue weighted by molar-refractivity contribution is 7.91. The van der Waals surface area contributed by atoms with E-state index in [2.05, 4.69) is 26.8 Å². The lowest BCUT2D eigenvalue weighted by molar-refractivity contribution is -0.134. The topological polar surface area (TPSA) is 121 Å². The summed E-state index contributed by atoms with van der Waals surface area (Å²) in [5, 5.41) is 3.44. The van der Waals surface area contributed by atoms with E-state index in [1.54, 1.807) is 0 Å². The lowest BCUT2D eigenvalue weighted by Crippen LogP contribution is -2.65. The van der Waals surface area contributed by atoms with Crippen LogP contribution in [0.1, 0.15) is 22.9 Å². The Labute approximate surface area is 210 Å². The lowest BCUT2D eigenvalue weighted by Gasteiger charge is -2.51. The lowest BCUT2D eigenvalue weighted by atomic mass is 9.91. The molecule has 0 aliphatic carbocycles. The number of fused-ring (bicyclic) bond motifs is 2. The van der Waals surface area contributed by atoms with Crippen LogP contribution in [0, 0.1) is 6.92 Å². The van der Waals surface area contributed by atoms with Crippen LogP contribution in [0.25, 0.3) is 0 Å². The maximum atomic E-state index is 11.9. The van der Waals surface area contributed by atoms with Gasteiger partial charge in [-0.15, -0.1) is 0 Å². The Hall–Kier alpha value is -3.25. The van der Waals surface area contributed by atoms with Gasteiger partial charge >= 0.3 is 0 Å². The van der Waals surface area contributed by atoms with Crippen molar-refractivity contribution in [3.63, 3.8) is 0 Å². The summed E-state index contributed by atoms with van der Waals surface area (Å²) in [7, 11) is -2.99. The first-order chi connectivity index (χ1) is 17.3. The number of pyridine rings is 1. The summed E-state index contributed by atoms with van der Waals surface area (Å²) in [5.74, 6) is 2.62. The van der Waals surface area contributed by atoms with Crippen molar-refractivity contribution in [3.8, 4) is 5.75 Å². The molecule has 2 aromatic rings. The molecule has 6 heterocycles. The predicted molar refractivity (Wildman–Crippen MR) is 134 cm³/mol. The molecule has 12 heteroatoms. The molecule has 1 N–H and O–H groups in total. The van der Waals surface area contributed by atoms with Gasteiger partial charge in [0.15, 0.2) is 15.6 Å². The molecule has 2 aromatic heterocycles. The number of sulfone groups is 1. The van der Waals surface area contributed by atoms with Gasteiger partial charge in [-0.1, -0.05) is 6.58 Å². The molecule has 0 radical (unpaired) electrons. The van der Waals surface area contributed by atoms with E-state index in [-0.39, 0.29) is 24.0 Å². The SMILES string of the molecule is C=CC(=O)N1CC(N2CC(c3cc4c(c(C)n3)OCc3c(ncnc3N3CCS(=O)(=O)CC3)N4)C2)C1. The molecule has 11 nitrogen and oxygen atoms in total. The van der Waals surface area contributed by atoms with Gasteiger partial charge in [-0.25, -0.2) is 18.4 Å². The summed E-state index contributed by atoms with van der Waals surface area (Å²) in [6.45, 7) is 9.92. The summed E-state index contributed by atoms with van der Waals surface area (Å²) in [4.78, 5) is 31.7. The standard InChI is InChI=1S/C24H29N7O4S/c1-3-21(32)31-11-17(12-31)30-9-16(10-30)19-8-20-22(15(2)27-19)35-13-18-23(28-20)25-14-26-24(18)29-4-6-36(33,34)7-5-29/h3,8,14,16-17H,1,4-7,9-13H2,2H3,(H,25,26,28). The van der Waals surface area contributed by atoms with E-state index in [1.165, 1.54) is 12.4 Å². The zero-order valence-corrected chi connectivity index (χ0v) is 21.0. The molecule has 4 aliphatic rings. The maximum Gasteiger partial charge on any atom is 0.246 e. The molecule has 0 saturated carbocycles. The van der Waals surface area contributed by atoms with E-state index in [0.29, 0.717) is 42.4 Å². The fraction of sp³-hybridized carbons (Fsp3) is 0.500. The number of nitrogens with one attached hydrogen (secondary N) is 1. The van der Waals surface area contributed by atoms with Crippen molar-refractivity contribution in [2.75, 3.05) is 61.0 Å². The molecule has 6 rings (SSSR count). The third kappa shape index (κ3) is 4.07. The normalized spacial score (nSPS) is 21.7. The van der Waals surface area contributed by atoms with E-state index in [0.717, 1.165) is 48.8 Å². The average molecular weight is 512 g/mol. The second-order valence-electron chi connectivity index (χ2n) is 9.84. The summed E-state index contributed by atoms with van der Waals surface area (Å²) in [6.07, 6.45) is 2.88. The highest BCUT2D eigenvalue weighted by atomic mass is 32.2. The first-order valence-corrected chi connectivity index (χ1v) is 14.0. The Bertz CT molecular complexity index is 1320. The first kappa shape index (κ1) is 23.2. The van der Waals surface area contributed by atoms with Crippen LogP contribution < -0.4 is 15.0 Å². The molecule has 3 saturated heterocycles. The summed E-state index contributed by atoms with van der Waals surface area (Å²) >= 11 is 0. The van der Waals surface area contributed by atoms with E-state index in [1.807, 2.05) is 22.8 Å². The fourth-order valence-electron chi connectivity index (χ4n) is 5.27. The minimum atomic E-state index is -2.99. The zero-order valence-electron chi connectivity index (χ0n) is 20.2. The second-order valence-corrected chi connectivity index (χ2v) is 12.1. The molecule has 0 spiro atoms. The van der Waals surface area contributed by atoms with Crippen molar-refractivity contribution in [3.05, 3.63) is 42.0 Å². The van der Waals surface area contributed by atoms with E-state index >= 15 is 0 Å². The summed E-state index contributed by atoms with van der Waals surface area (Å²) in [6, 6.07) is 2.45. The minimum Gasteiger partial charge on any atom is -0.485 e. The molecule has 36 heavy (non-hydrogen) atoms. The monoisotopic (exact) mass is 511 g/mol. The van der Waals surface area contributed by atoms with Gasteiger partial charge < -0.3 is 19.9 Å². The van der Waals surface area contributed by atoms with Crippen LogP contribution in [0.3, 0.4) is 0 Å². The number of carbonyl (C=O) groups excluding carboxylic acids is 1. The molecule has 0 atom stereocenters. The van der Waals surface area contributed by atoms with Crippen molar-refractivity contribution < 1.29 is 17.9 Å². The van der Waals surface area contributed by atoms with Crippen LogP contribution in [-0.4, -0.2) is 95.9 Å². The molecular weight excluding hydrogens is 482 g/mol. The maximum absolute atomic E-state index is 11.9. The molecule has 190 valence electrons. The highest BCUT2D eigenvalue weighted by Gasteiger charge is 2.41. The van der Waals surface area contributed by atoms with Gasteiger partial charge in [-0.05, 0) is 19.1 Å². The zero-order chi connectivity index (χ0) is 25.0. The molecule has 1 amide bonds. The number of aryl methyl sites for hydroxylation is 1. The fourth-order valence-corrected chi connectivity index (χ4v) is 6.48. The average Bonchev–Trinajstić information content (AvgIpc) is 2.98. The van der Waals surface area contributed by atoms with Crippen LogP contribution >= 0.6 is 0 Å². The van der Waals surface area contributed by atoms with Crippen LogP contribution in [0.15, 0.2) is 25.0 Å². The van der Waals surface area contributed by atoms with Gasteiger partial charge in [0.2, 0.25) is 5.91 Å². The number of rotatable bonds is 4. The molecular formula is C24H29N7O4S. The Morgan fingerprint density at radius 1 is 1.19 bits per heavy atom. The highest BCUT2D eigenvalue weighted by Crippen LogP contribution is 2.40. The van der Waals surface area contributed by atoms with Gasteiger partial charge in [0.1, 0.15) is 24.6 Å². The minimum absolute atomic E-state index is 0.00462. The molecule has 4 aliphatic heterocycles. The Morgan fingerprint density at radius 2 is 1.94 bits per heavy atom. The van der Waals surface area contributed by atoms with E-state index < -0.39 is 9.84 Å². The van der Waals surface area contributed by atoms with Crippen LogP contribution in [0.2, 0.25) is 0 Å². The van der Waals surface area contributed by atoms with Gasteiger partial charge in [0.25, 0.3) is 0 Å². The number of hydrogen-bond donors (Lipinski definition) is 1. The third-order valence-electron chi connectivity index (χ3n) is 7.54. The van der Waals surface area contributed by atoms with Gasteiger partial charge in [0.05, 0.1) is 28.5 Å². The van der Waals surface area contributed by atoms with Crippen LogP contribution in [-0.2, 0) is 21.2 Å². The largest absolute Gasteiger partial charge is 0.485 e. The Balaban J connectivity index is 1.17. The van der Waals surface area contributed by atoms with Crippen molar-refractivity contribution >= 4 is 33.1 Å². The number of aromatic nitrogens is 3. The van der Waals surface area contributed by atoms with Crippen LogP contribution in [0.4, 0.5) is 17.3 Å². The van der Waals surface area contributed by atoms with Gasteiger partial charge in [-0.3, -0.25) is 14.7 Å². The van der Waals surface area contributed by atoms with E-state index in [4.69, 9.17) is 9.72 Å². The van der Waals surface area contributed by atoms with Crippen molar-refractivity contribution in [1.29, 1.82) is 0 Å². The Kier molecular flexibility index (Phi) is 5.60. The number of hydrogen-bond acceptors (Lipinski definition) is 10. The van der Waals surface area contributed by atoms with Gasteiger partial charge in [0, 0.05) is 56.9 Å². The number of nitrogens with zero attached hydrogens (tertiary/aromatic N) is 6. The molecule has 0 bridgehead atoms. The quantitative estimate of drug-likeness (QED) is 0.591.